The number of azide groups is 1. The monoisotopic (exact) mass is 681 g/mol. The Balaban J connectivity index is 1.53. The molecule has 1 fully saturated rings. The highest BCUT2D eigenvalue weighted by Gasteiger charge is 2.54. The van der Waals surface area contributed by atoms with Crippen molar-refractivity contribution in [2.24, 2.45) is 10.1 Å². The second-order valence-electron chi connectivity index (χ2n) is 11.1. The van der Waals surface area contributed by atoms with Crippen molar-refractivity contribution in [1.29, 1.82) is 0 Å². The zero-order valence-electron chi connectivity index (χ0n) is 25.8. The highest BCUT2D eigenvalue weighted by Crippen LogP contribution is 2.45. The molecule has 1 saturated heterocycles. The highest BCUT2D eigenvalue weighted by molar-refractivity contribution is 6.35. The van der Waals surface area contributed by atoms with E-state index in [1.807, 2.05) is 24.3 Å². The Hall–Kier alpha value is -3.87. The quantitative estimate of drug-likeness (QED) is 0.0669. The SMILES string of the molecule is [N-]=[N+]=NCc1ccccc1C[C@]1(C(=O)NNCCN2CCOCC2)N=C(c2ccc(OCCCO)cc2)O[C@H]1c1ccc(Cl)cc1Cl. The van der Waals surface area contributed by atoms with Gasteiger partial charge in [0, 0.05) is 71.7 Å². The zero-order chi connectivity index (χ0) is 33.1. The number of ether oxygens (including phenoxy) is 3. The van der Waals surface area contributed by atoms with Crippen LogP contribution < -0.4 is 15.6 Å². The molecule has 0 aliphatic carbocycles. The van der Waals surface area contributed by atoms with Gasteiger partial charge in [-0.1, -0.05) is 58.6 Å². The van der Waals surface area contributed by atoms with Crippen LogP contribution in [0.25, 0.3) is 10.4 Å². The lowest BCUT2D eigenvalue weighted by Crippen LogP contribution is -2.55. The van der Waals surface area contributed by atoms with Gasteiger partial charge in [-0.05, 0) is 53.1 Å². The molecule has 12 nitrogen and oxygen atoms in total. The smallest absolute Gasteiger partial charge is 0.266 e. The molecule has 1 amide bonds. The number of hydrogen-bond acceptors (Lipinski definition) is 9. The molecule has 47 heavy (non-hydrogen) atoms. The average molecular weight is 683 g/mol. The minimum absolute atomic E-state index is 0.0373. The van der Waals surface area contributed by atoms with E-state index >= 15 is 0 Å². The van der Waals surface area contributed by atoms with Gasteiger partial charge in [0.25, 0.3) is 5.91 Å². The predicted octanol–water partition coefficient (Wildman–Crippen LogP) is 5.02. The molecule has 2 aliphatic rings. The van der Waals surface area contributed by atoms with Crippen LogP contribution in [0.3, 0.4) is 0 Å². The van der Waals surface area contributed by atoms with Gasteiger partial charge in [0.2, 0.25) is 5.90 Å². The average Bonchev–Trinajstić information content (AvgIpc) is 3.47. The first-order chi connectivity index (χ1) is 22.9. The third-order valence-corrected chi connectivity index (χ3v) is 8.58. The van der Waals surface area contributed by atoms with Crippen molar-refractivity contribution in [3.8, 4) is 5.75 Å². The summed E-state index contributed by atoms with van der Waals surface area (Å²) in [5.41, 5.74) is 16.2. The minimum atomic E-state index is -1.54. The lowest BCUT2D eigenvalue weighted by atomic mass is 9.81. The summed E-state index contributed by atoms with van der Waals surface area (Å²) in [6, 6.07) is 19.7. The van der Waals surface area contributed by atoms with Gasteiger partial charge in [-0.25, -0.2) is 10.4 Å². The van der Waals surface area contributed by atoms with Gasteiger partial charge in [0.05, 0.1) is 26.4 Å². The summed E-state index contributed by atoms with van der Waals surface area (Å²) in [7, 11) is 0. The van der Waals surface area contributed by atoms with Crippen molar-refractivity contribution in [2.45, 2.75) is 31.0 Å². The Morgan fingerprint density at radius 1 is 1.13 bits per heavy atom. The molecule has 0 radical (unpaired) electrons. The van der Waals surface area contributed by atoms with Gasteiger partial charge in [-0.15, -0.1) is 0 Å². The molecule has 0 aromatic heterocycles. The van der Waals surface area contributed by atoms with Crippen LogP contribution in [-0.4, -0.2) is 80.0 Å². The number of hydrazine groups is 1. The van der Waals surface area contributed by atoms with Crippen LogP contribution in [0.15, 0.2) is 76.8 Å². The largest absolute Gasteiger partial charge is 0.494 e. The van der Waals surface area contributed by atoms with Gasteiger partial charge in [-0.2, -0.15) is 0 Å². The van der Waals surface area contributed by atoms with E-state index in [0.29, 0.717) is 59.7 Å². The van der Waals surface area contributed by atoms with Gasteiger partial charge in [0.1, 0.15) is 5.75 Å². The van der Waals surface area contributed by atoms with Gasteiger partial charge >= 0.3 is 0 Å². The van der Waals surface area contributed by atoms with Crippen LogP contribution in [0, 0.1) is 0 Å². The summed E-state index contributed by atoms with van der Waals surface area (Å²) < 4.78 is 17.7. The van der Waals surface area contributed by atoms with E-state index in [9.17, 15) is 4.79 Å². The molecular formula is C33H37Cl2N7O5. The number of morpholine rings is 1. The maximum Gasteiger partial charge on any atom is 0.266 e. The van der Waals surface area contributed by atoms with Crippen molar-refractivity contribution < 1.29 is 24.1 Å². The Morgan fingerprint density at radius 3 is 2.62 bits per heavy atom. The number of hydrogen-bond donors (Lipinski definition) is 3. The number of aliphatic hydroxyl groups is 1. The molecule has 2 aliphatic heterocycles. The molecule has 0 unspecified atom stereocenters. The second-order valence-corrected chi connectivity index (χ2v) is 12.0. The fraction of sp³-hybridized carbons (Fsp3) is 0.394. The molecule has 0 bridgehead atoms. The van der Waals surface area contributed by atoms with Gasteiger partial charge in [-0.3, -0.25) is 15.1 Å². The van der Waals surface area contributed by atoms with E-state index in [1.54, 1.807) is 42.5 Å². The highest BCUT2D eigenvalue weighted by atomic mass is 35.5. The minimum Gasteiger partial charge on any atom is -0.494 e. The fourth-order valence-electron chi connectivity index (χ4n) is 5.55. The maximum atomic E-state index is 14.5. The number of aliphatic imine (C=N–C) groups is 1. The van der Waals surface area contributed by atoms with E-state index in [4.69, 9.17) is 53.0 Å². The number of aliphatic hydroxyl groups excluding tert-OH is 1. The summed E-state index contributed by atoms with van der Waals surface area (Å²) >= 11 is 13.0. The third kappa shape index (κ3) is 8.74. The normalized spacial score (nSPS) is 19.4. The van der Waals surface area contributed by atoms with E-state index in [2.05, 4.69) is 25.8 Å². The molecule has 2 heterocycles. The topological polar surface area (TPSA) is 153 Å². The van der Waals surface area contributed by atoms with Crippen molar-refractivity contribution in [3.63, 3.8) is 0 Å². The number of nitrogens with one attached hydrogen (secondary N) is 2. The first-order valence-electron chi connectivity index (χ1n) is 15.4. The molecule has 2 atom stereocenters. The van der Waals surface area contributed by atoms with Gasteiger partial charge < -0.3 is 19.3 Å². The molecule has 3 N–H and O–H groups in total. The van der Waals surface area contributed by atoms with Crippen LogP contribution in [0.1, 0.15) is 34.8 Å². The Kier molecular flexibility index (Phi) is 12.3. The van der Waals surface area contributed by atoms with Crippen molar-refractivity contribution >= 4 is 35.0 Å². The number of rotatable bonds is 15. The van der Waals surface area contributed by atoms with Crippen LogP contribution >= 0.6 is 23.2 Å². The zero-order valence-corrected chi connectivity index (χ0v) is 27.3. The molecular weight excluding hydrogens is 645 g/mol. The standard InChI is InChI=1S/C33H37Cl2N7O5/c34-26-8-11-28(29(35)20-26)30-33(21-24-4-1-2-5-25(24)22-38-41-36,32(44)40-37-12-13-42-14-18-45-19-15-42)39-31(47-30)23-6-9-27(10-7-23)46-17-3-16-43/h1-2,4-11,20,30,37,43H,3,12-19,21-22H2,(H,40,44)/t30-,33-/m0/s1. The number of benzene rings is 3. The summed E-state index contributed by atoms with van der Waals surface area (Å²) in [6.07, 6.45) is -0.326. The number of carbonyl (C=O) groups is 1. The van der Waals surface area contributed by atoms with E-state index in [1.165, 1.54) is 0 Å². The summed E-state index contributed by atoms with van der Waals surface area (Å²) in [5.74, 6) is 0.450. The molecule has 0 saturated carbocycles. The number of nitrogens with zero attached hydrogens (tertiary/aromatic N) is 5. The summed E-state index contributed by atoms with van der Waals surface area (Å²) in [6.45, 7) is 4.74. The van der Waals surface area contributed by atoms with Crippen LogP contribution in [0.5, 0.6) is 5.75 Å². The van der Waals surface area contributed by atoms with Crippen LogP contribution in [-0.2, 0) is 27.2 Å². The van der Waals surface area contributed by atoms with Crippen molar-refractivity contribution in [3.05, 3.63) is 109 Å². The number of carbonyl (C=O) groups excluding carboxylic acids is 1. The summed E-state index contributed by atoms with van der Waals surface area (Å²) in [4.78, 5) is 24.7. The first-order valence-corrected chi connectivity index (χ1v) is 16.2. The molecule has 248 valence electrons. The Bertz CT molecular complexity index is 1600. The van der Waals surface area contributed by atoms with Crippen LogP contribution in [0.2, 0.25) is 10.0 Å². The third-order valence-electron chi connectivity index (χ3n) is 8.02. The predicted molar refractivity (Wildman–Crippen MR) is 180 cm³/mol. The lowest BCUT2D eigenvalue weighted by Gasteiger charge is -2.32. The molecule has 3 aromatic carbocycles. The molecule has 14 heteroatoms. The second kappa shape index (κ2) is 16.8. The Morgan fingerprint density at radius 2 is 1.89 bits per heavy atom. The molecule has 5 rings (SSSR count). The van der Waals surface area contributed by atoms with E-state index < -0.39 is 17.6 Å². The first kappa shape index (κ1) is 34.5. The van der Waals surface area contributed by atoms with Gasteiger partial charge in [0.15, 0.2) is 11.6 Å². The number of halogens is 2. The van der Waals surface area contributed by atoms with E-state index in [-0.39, 0.29) is 25.5 Å². The fourth-order valence-corrected chi connectivity index (χ4v) is 6.05. The lowest BCUT2D eigenvalue weighted by molar-refractivity contribution is -0.130. The van der Waals surface area contributed by atoms with Crippen molar-refractivity contribution in [1.82, 2.24) is 15.8 Å². The molecule has 0 spiro atoms. The van der Waals surface area contributed by atoms with Crippen LogP contribution in [0.4, 0.5) is 0 Å². The van der Waals surface area contributed by atoms with E-state index in [0.717, 1.165) is 30.8 Å². The summed E-state index contributed by atoms with van der Waals surface area (Å²) in [5, 5.41) is 13.6. The number of amides is 1. The van der Waals surface area contributed by atoms with Crippen molar-refractivity contribution in [2.75, 3.05) is 52.6 Å². The Labute approximate surface area is 283 Å². The maximum absolute atomic E-state index is 14.5. The molecule has 3 aromatic rings.